The van der Waals surface area contributed by atoms with Crippen LogP contribution < -0.4 is 10.1 Å². The first-order valence-corrected chi connectivity index (χ1v) is 6.29. The summed E-state index contributed by atoms with van der Waals surface area (Å²) in [5.41, 5.74) is 0.784. The Labute approximate surface area is 105 Å². The normalized spacial score (nSPS) is 13.8. The van der Waals surface area contributed by atoms with Crippen LogP contribution in [0.4, 0.5) is 5.69 Å². The van der Waals surface area contributed by atoms with Gasteiger partial charge in [-0.3, -0.25) is 4.79 Å². The molecule has 17 heavy (non-hydrogen) atoms. The molecule has 0 fully saturated rings. The van der Waals surface area contributed by atoms with E-state index in [0.29, 0.717) is 6.54 Å². The van der Waals surface area contributed by atoms with Crippen LogP contribution in [0.3, 0.4) is 0 Å². The molecule has 2 rings (SSSR count). The summed E-state index contributed by atoms with van der Waals surface area (Å²) in [6.07, 6.45) is 1.93. The minimum absolute atomic E-state index is 0.0117. The molecule has 0 aliphatic carbocycles. The van der Waals surface area contributed by atoms with Gasteiger partial charge in [0.05, 0.1) is 19.5 Å². The lowest BCUT2D eigenvalue weighted by Gasteiger charge is -2.14. The van der Waals surface area contributed by atoms with Crippen LogP contribution in [0.2, 0.25) is 0 Å². The Kier molecular flexibility index (Phi) is 3.93. The van der Waals surface area contributed by atoms with Crippen molar-refractivity contribution in [2.24, 2.45) is 0 Å². The van der Waals surface area contributed by atoms with E-state index in [1.807, 2.05) is 40.8 Å². The zero-order valence-electron chi connectivity index (χ0n) is 9.55. The van der Waals surface area contributed by atoms with Gasteiger partial charge in [-0.25, -0.2) is 0 Å². The van der Waals surface area contributed by atoms with Gasteiger partial charge in [0.1, 0.15) is 5.75 Å². The Bertz CT molecular complexity index is 417. The van der Waals surface area contributed by atoms with Gasteiger partial charge in [0.25, 0.3) is 0 Å². The molecule has 5 heteroatoms. The van der Waals surface area contributed by atoms with E-state index in [2.05, 4.69) is 5.32 Å². The Morgan fingerprint density at radius 1 is 1.47 bits per heavy atom. The molecule has 90 valence electrons. The molecular formula is C12H14N2O2S. The maximum atomic E-state index is 11.7. The largest absolute Gasteiger partial charge is 0.497 e. The first-order valence-electron chi connectivity index (χ1n) is 5.24. The standard InChI is InChI=1S/C12H14N2O2S/c1-16-11-4-2-10(3-5-11)13-12(15)8-14-6-7-17-9-14/h2-7H,8-9H2,1H3,(H,13,15). The van der Waals surface area contributed by atoms with E-state index in [9.17, 15) is 4.79 Å². The van der Waals surface area contributed by atoms with Crippen molar-refractivity contribution in [3.8, 4) is 5.75 Å². The van der Waals surface area contributed by atoms with Gasteiger partial charge in [0.15, 0.2) is 0 Å². The third-order valence-corrected chi connectivity index (χ3v) is 3.12. The molecule has 0 saturated heterocycles. The third kappa shape index (κ3) is 3.42. The van der Waals surface area contributed by atoms with Crippen molar-refractivity contribution in [1.29, 1.82) is 0 Å². The number of hydrogen-bond acceptors (Lipinski definition) is 4. The van der Waals surface area contributed by atoms with Gasteiger partial charge < -0.3 is 15.0 Å². The summed E-state index contributed by atoms with van der Waals surface area (Å²) in [4.78, 5) is 13.7. The highest BCUT2D eigenvalue weighted by Crippen LogP contribution is 2.16. The molecule has 1 heterocycles. The zero-order chi connectivity index (χ0) is 12.1. The van der Waals surface area contributed by atoms with Crippen LogP contribution >= 0.6 is 11.8 Å². The number of anilines is 1. The number of hydrogen-bond donors (Lipinski definition) is 1. The molecule has 0 saturated carbocycles. The minimum Gasteiger partial charge on any atom is -0.497 e. The first kappa shape index (κ1) is 11.9. The van der Waals surface area contributed by atoms with Gasteiger partial charge in [0.2, 0.25) is 5.91 Å². The van der Waals surface area contributed by atoms with E-state index in [0.717, 1.165) is 17.3 Å². The molecule has 0 unspecified atom stereocenters. The molecule has 1 aliphatic rings. The van der Waals surface area contributed by atoms with E-state index in [1.165, 1.54) is 0 Å². The lowest BCUT2D eigenvalue weighted by atomic mass is 10.3. The van der Waals surface area contributed by atoms with Crippen molar-refractivity contribution in [2.45, 2.75) is 0 Å². The van der Waals surface area contributed by atoms with Crippen molar-refractivity contribution in [3.05, 3.63) is 35.9 Å². The highest BCUT2D eigenvalue weighted by Gasteiger charge is 2.10. The van der Waals surface area contributed by atoms with E-state index in [1.54, 1.807) is 18.9 Å². The fraction of sp³-hybridized carbons (Fsp3) is 0.250. The van der Waals surface area contributed by atoms with E-state index in [-0.39, 0.29) is 5.91 Å². The number of amides is 1. The second-order valence-electron chi connectivity index (χ2n) is 3.60. The van der Waals surface area contributed by atoms with E-state index < -0.39 is 0 Å². The summed E-state index contributed by atoms with van der Waals surface area (Å²) in [7, 11) is 1.62. The van der Waals surface area contributed by atoms with Gasteiger partial charge in [-0.05, 0) is 29.7 Å². The Balaban J connectivity index is 1.86. The Hall–Kier alpha value is -1.62. The van der Waals surface area contributed by atoms with Crippen molar-refractivity contribution in [2.75, 3.05) is 24.8 Å². The second-order valence-corrected chi connectivity index (χ2v) is 4.47. The molecule has 0 spiro atoms. The molecule has 1 aromatic carbocycles. The van der Waals surface area contributed by atoms with Crippen LogP contribution in [-0.2, 0) is 4.79 Å². The van der Waals surface area contributed by atoms with Crippen LogP contribution in [0.25, 0.3) is 0 Å². The monoisotopic (exact) mass is 250 g/mol. The topological polar surface area (TPSA) is 41.6 Å². The fourth-order valence-electron chi connectivity index (χ4n) is 1.47. The highest BCUT2D eigenvalue weighted by atomic mass is 32.2. The lowest BCUT2D eigenvalue weighted by molar-refractivity contribution is -0.116. The SMILES string of the molecule is COc1ccc(NC(=O)CN2C=CSC2)cc1. The summed E-state index contributed by atoms with van der Waals surface area (Å²) >= 11 is 1.68. The minimum atomic E-state index is -0.0117. The quantitative estimate of drug-likeness (QED) is 0.888. The fourth-order valence-corrected chi connectivity index (χ4v) is 2.18. The Morgan fingerprint density at radius 3 is 2.82 bits per heavy atom. The first-order chi connectivity index (χ1) is 8.28. The van der Waals surface area contributed by atoms with Crippen LogP contribution in [-0.4, -0.2) is 30.3 Å². The number of carbonyl (C=O) groups is 1. The number of thioether (sulfide) groups is 1. The van der Waals surface area contributed by atoms with Crippen molar-refractivity contribution < 1.29 is 9.53 Å². The van der Waals surface area contributed by atoms with Crippen molar-refractivity contribution in [3.63, 3.8) is 0 Å². The number of rotatable bonds is 4. The number of ether oxygens (including phenoxy) is 1. The maximum Gasteiger partial charge on any atom is 0.243 e. The number of benzene rings is 1. The number of nitrogens with one attached hydrogen (secondary N) is 1. The van der Waals surface area contributed by atoms with Crippen LogP contribution in [0.15, 0.2) is 35.9 Å². The van der Waals surface area contributed by atoms with Crippen LogP contribution in [0.5, 0.6) is 5.75 Å². The van der Waals surface area contributed by atoms with Crippen molar-refractivity contribution >= 4 is 23.4 Å². The van der Waals surface area contributed by atoms with Gasteiger partial charge in [0, 0.05) is 11.9 Å². The smallest absolute Gasteiger partial charge is 0.243 e. The predicted molar refractivity (Wildman–Crippen MR) is 69.9 cm³/mol. The summed E-state index contributed by atoms with van der Waals surface area (Å²) in [6.45, 7) is 0.384. The van der Waals surface area contributed by atoms with E-state index >= 15 is 0 Å². The van der Waals surface area contributed by atoms with Gasteiger partial charge in [-0.1, -0.05) is 0 Å². The van der Waals surface area contributed by atoms with Crippen molar-refractivity contribution in [1.82, 2.24) is 4.90 Å². The van der Waals surface area contributed by atoms with Gasteiger partial charge in [-0.15, -0.1) is 11.8 Å². The molecule has 0 bridgehead atoms. The number of methoxy groups -OCH3 is 1. The van der Waals surface area contributed by atoms with Gasteiger partial charge in [-0.2, -0.15) is 0 Å². The summed E-state index contributed by atoms with van der Waals surface area (Å²) < 4.78 is 5.05. The summed E-state index contributed by atoms with van der Waals surface area (Å²) in [6, 6.07) is 7.29. The van der Waals surface area contributed by atoms with Crippen LogP contribution in [0.1, 0.15) is 0 Å². The molecule has 0 atom stereocenters. The zero-order valence-corrected chi connectivity index (χ0v) is 10.4. The molecule has 0 aromatic heterocycles. The van der Waals surface area contributed by atoms with Crippen LogP contribution in [0, 0.1) is 0 Å². The second kappa shape index (κ2) is 5.63. The Morgan fingerprint density at radius 2 is 2.24 bits per heavy atom. The van der Waals surface area contributed by atoms with Gasteiger partial charge >= 0.3 is 0 Å². The summed E-state index contributed by atoms with van der Waals surface area (Å²) in [5, 5.41) is 4.83. The molecule has 4 nitrogen and oxygen atoms in total. The number of nitrogens with zero attached hydrogens (tertiary/aromatic N) is 1. The number of carbonyl (C=O) groups excluding carboxylic acids is 1. The maximum absolute atomic E-state index is 11.7. The third-order valence-electron chi connectivity index (χ3n) is 2.33. The molecule has 1 N–H and O–H groups in total. The molecular weight excluding hydrogens is 236 g/mol. The predicted octanol–water partition coefficient (Wildman–Crippen LogP) is 2.11. The molecule has 1 aliphatic heterocycles. The summed E-state index contributed by atoms with van der Waals surface area (Å²) in [5.74, 6) is 1.61. The molecule has 0 radical (unpaired) electrons. The highest BCUT2D eigenvalue weighted by molar-refractivity contribution is 8.02. The average molecular weight is 250 g/mol. The van der Waals surface area contributed by atoms with E-state index in [4.69, 9.17) is 4.74 Å². The average Bonchev–Trinajstić information content (AvgIpc) is 2.82. The lowest BCUT2D eigenvalue weighted by Crippen LogP contribution is -2.27. The molecule has 1 amide bonds. The molecule has 1 aromatic rings.